The molecule has 2 aromatic heterocycles. The zero-order valence-electron chi connectivity index (χ0n) is 19.9. The number of rotatable bonds is 8. The molecule has 0 atom stereocenters. The fraction of sp³-hybridized carbons (Fsp3) is 0.435. The van der Waals surface area contributed by atoms with Gasteiger partial charge in [0, 0.05) is 25.7 Å². The molecule has 0 spiro atoms. The van der Waals surface area contributed by atoms with Crippen molar-refractivity contribution in [1.29, 1.82) is 5.26 Å². The van der Waals surface area contributed by atoms with Crippen molar-refractivity contribution >= 4 is 46.6 Å². The summed E-state index contributed by atoms with van der Waals surface area (Å²) in [6, 6.07) is 6.68. The van der Waals surface area contributed by atoms with Gasteiger partial charge in [0.25, 0.3) is 17.4 Å². The topological polar surface area (TPSA) is 132 Å². The highest BCUT2D eigenvalue weighted by atomic mass is 32.1. The fourth-order valence-electron chi connectivity index (χ4n) is 3.73. The van der Waals surface area contributed by atoms with E-state index in [2.05, 4.69) is 20.9 Å². The molecule has 3 N–H and O–H groups in total. The van der Waals surface area contributed by atoms with Crippen molar-refractivity contribution in [1.82, 2.24) is 19.8 Å². The lowest BCUT2D eigenvalue weighted by Gasteiger charge is -2.31. The number of amides is 2. The van der Waals surface area contributed by atoms with Gasteiger partial charge in [0.05, 0.1) is 13.1 Å². The van der Waals surface area contributed by atoms with Gasteiger partial charge in [-0.15, -0.1) is 11.3 Å². The summed E-state index contributed by atoms with van der Waals surface area (Å²) in [6.07, 6.45) is 1.57. The number of anilines is 2. The summed E-state index contributed by atoms with van der Waals surface area (Å²) in [6.45, 7) is 3.89. The second kappa shape index (κ2) is 11.9. The Kier molecular flexibility index (Phi) is 8.89. The van der Waals surface area contributed by atoms with E-state index in [0.29, 0.717) is 25.3 Å². The third-order valence-corrected chi connectivity index (χ3v) is 6.45. The molecule has 0 aromatic carbocycles. The molecule has 2 amide bonds. The number of hydrogen-bond acceptors (Lipinski definition) is 8. The largest absolute Gasteiger partial charge is 0.352 e. The Morgan fingerprint density at radius 2 is 2.06 bits per heavy atom. The molecule has 0 unspecified atom stereocenters. The summed E-state index contributed by atoms with van der Waals surface area (Å²) < 4.78 is 29.0. The van der Waals surface area contributed by atoms with Crippen LogP contribution < -0.4 is 30.7 Å². The number of nitrogens with one attached hydrogen (secondary N) is 3. The molecular weight excluding hydrogens is 492 g/mol. The summed E-state index contributed by atoms with van der Waals surface area (Å²) in [5.41, 5.74) is -0.514. The lowest BCUT2D eigenvalue weighted by atomic mass is 10.1. The van der Waals surface area contributed by atoms with Crippen LogP contribution >= 0.6 is 11.3 Å². The van der Waals surface area contributed by atoms with Gasteiger partial charge >= 0.3 is 0 Å². The third-order valence-electron chi connectivity index (χ3n) is 5.32. The summed E-state index contributed by atoms with van der Waals surface area (Å²) in [5, 5.41) is 17.5. The van der Waals surface area contributed by atoms with Gasteiger partial charge in [-0.05, 0) is 38.9 Å². The molecule has 3 heterocycles. The molecule has 1 aliphatic heterocycles. The monoisotopic (exact) mass is 519 g/mol. The second-order valence-corrected chi connectivity index (χ2v) is 9.11. The summed E-state index contributed by atoms with van der Waals surface area (Å²) in [4.78, 5) is 43.0. The van der Waals surface area contributed by atoms with Crippen molar-refractivity contribution in [3.05, 3.63) is 37.7 Å². The number of nitriles is 1. The van der Waals surface area contributed by atoms with E-state index in [1.165, 1.54) is 15.7 Å². The number of pyridine rings is 1. The molecular formula is C23H27F2N7O3S. The van der Waals surface area contributed by atoms with Crippen LogP contribution in [0.2, 0.25) is 0 Å². The number of carbonyl (C=O) groups excluding carboxylic acids is 2. The van der Waals surface area contributed by atoms with E-state index in [1.54, 1.807) is 32.0 Å². The number of hydrogen-bond donors (Lipinski definition) is 3. The van der Waals surface area contributed by atoms with Crippen LogP contribution in [-0.4, -0.2) is 58.4 Å². The Balaban J connectivity index is 1.77. The molecule has 36 heavy (non-hydrogen) atoms. The Morgan fingerprint density at radius 1 is 1.31 bits per heavy atom. The number of thiazole rings is 1. The molecule has 10 nitrogen and oxygen atoms in total. The normalized spacial score (nSPS) is 16.7. The molecule has 0 bridgehead atoms. The van der Waals surface area contributed by atoms with Crippen molar-refractivity contribution in [3.63, 3.8) is 0 Å². The van der Waals surface area contributed by atoms with Gasteiger partial charge < -0.3 is 16.0 Å². The smallest absolute Gasteiger partial charge is 0.270 e. The highest BCUT2D eigenvalue weighted by Crippen LogP contribution is 2.26. The maximum Gasteiger partial charge on any atom is 0.270 e. The average Bonchev–Trinajstić information content (AvgIpc) is 3.12. The van der Waals surface area contributed by atoms with Gasteiger partial charge in [-0.1, -0.05) is 6.07 Å². The number of nitrogens with zero attached hydrogens (tertiary/aromatic N) is 4. The first-order valence-electron chi connectivity index (χ1n) is 11.4. The lowest BCUT2D eigenvalue weighted by Crippen LogP contribution is -2.45. The van der Waals surface area contributed by atoms with Gasteiger partial charge in [0.2, 0.25) is 5.91 Å². The van der Waals surface area contributed by atoms with Gasteiger partial charge in [-0.25, -0.2) is 13.8 Å². The number of aromatic nitrogens is 2. The fourth-order valence-corrected chi connectivity index (χ4v) is 4.81. The zero-order valence-corrected chi connectivity index (χ0v) is 20.8. The van der Waals surface area contributed by atoms with E-state index in [9.17, 15) is 28.4 Å². The molecule has 13 heteroatoms. The second-order valence-electron chi connectivity index (χ2n) is 8.08. The number of likely N-dealkylation sites (tertiary alicyclic amines) is 1. The van der Waals surface area contributed by atoms with Crippen LogP contribution in [0.1, 0.15) is 26.7 Å². The van der Waals surface area contributed by atoms with Gasteiger partial charge in [-0.3, -0.25) is 23.9 Å². The number of carbonyl (C=O) groups is 2. The van der Waals surface area contributed by atoms with E-state index >= 15 is 0 Å². The Labute approximate surface area is 209 Å². The van der Waals surface area contributed by atoms with Crippen molar-refractivity contribution in [2.75, 3.05) is 36.8 Å². The van der Waals surface area contributed by atoms with Gasteiger partial charge in [0.15, 0.2) is 5.57 Å². The molecule has 0 aliphatic carbocycles. The summed E-state index contributed by atoms with van der Waals surface area (Å²) in [7, 11) is 0. The molecule has 0 saturated carbocycles. The van der Waals surface area contributed by atoms with Crippen LogP contribution in [0.4, 0.5) is 20.4 Å². The Bertz CT molecular complexity index is 1350. The highest BCUT2D eigenvalue weighted by molar-refractivity contribution is 7.07. The van der Waals surface area contributed by atoms with E-state index < -0.39 is 24.3 Å². The standard InChI is InChI=1S/C23H27F2N7O3S/c1-3-27-20(34)15(11-26)22-32(4-2)21(35)16(36-22)12-28-17-7-5-8-18(29-17)30-19(33)13-31-10-6-9-23(24,25)14-31/h5,7-8,12H,3-4,6,9-10,13-14H2,1-2H3,(H,27,34)(H2,28,29,30,33)/b16-12+,22-15-. The Hall–Kier alpha value is -3.63. The van der Waals surface area contributed by atoms with Crippen LogP contribution in [0.25, 0.3) is 11.8 Å². The van der Waals surface area contributed by atoms with E-state index in [-0.39, 0.29) is 45.7 Å². The molecule has 1 aliphatic rings. The first-order valence-corrected chi connectivity index (χ1v) is 12.2. The minimum Gasteiger partial charge on any atom is -0.352 e. The van der Waals surface area contributed by atoms with Crippen LogP contribution in [0.3, 0.4) is 0 Å². The van der Waals surface area contributed by atoms with E-state index in [4.69, 9.17) is 0 Å². The molecule has 1 fully saturated rings. The summed E-state index contributed by atoms with van der Waals surface area (Å²) >= 11 is 0.999. The van der Waals surface area contributed by atoms with Crippen molar-refractivity contribution in [3.8, 4) is 6.07 Å². The van der Waals surface area contributed by atoms with Crippen LogP contribution in [0.5, 0.6) is 0 Å². The molecule has 1 saturated heterocycles. The van der Waals surface area contributed by atoms with Crippen molar-refractivity contribution in [2.24, 2.45) is 0 Å². The molecule has 0 radical (unpaired) electrons. The minimum absolute atomic E-state index is 0.144. The maximum atomic E-state index is 13.6. The van der Waals surface area contributed by atoms with Crippen LogP contribution in [0.15, 0.2) is 23.0 Å². The zero-order chi connectivity index (χ0) is 26.3. The molecule has 192 valence electrons. The quantitative estimate of drug-likeness (QED) is 0.467. The predicted molar refractivity (Wildman–Crippen MR) is 133 cm³/mol. The van der Waals surface area contributed by atoms with Crippen LogP contribution in [-0.2, 0) is 16.1 Å². The number of piperidine rings is 1. The minimum atomic E-state index is -2.79. The maximum absolute atomic E-state index is 13.6. The molecule has 2 aromatic rings. The number of alkyl halides is 2. The molecule has 3 rings (SSSR count). The van der Waals surface area contributed by atoms with Crippen LogP contribution in [0, 0.1) is 11.3 Å². The van der Waals surface area contributed by atoms with E-state index in [1.807, 2.05) is 6.07 Å². The first kappa shape index (κ1) is 27.0. The van der Waals surface area contributed by atoms with Gasteiger partial charge in [0.1, 0.15) is 26.9 Å². The summed E-state index contributed by atoms with van der Waals surface area (Å²) in [5.74, 6) is -3.26. The van der Waals surface area contributed by atoms with E-state index in [0.717, 1.165) is 11.3 Å². The van der Waals surface area contributed by atoms with Gasteiger partial charge in [-0.2, -0.15) is 5.26 Å². The average molecular weight is 520 g/mol. The first-order chi connectivity index (χ1) is 17.2. The third kappa shape index (κ3) is 6.73. The lowest BCUT2D eigenvalue weighted by molar-refractivity contribution is -0.120. The predicted octanol–water partition coefficient (Wildman–Crippen LogP) is 0.655. The SMILES string of the molecule is CCNC(=O)/C(C#N)=c1\s/c(=C/Nc2cccc(NC(=O)CN3CCCC(F)(F)C3)n2)c(=O)n1CC. The number of halogens is 2. The Morgan fingerprint density at radius 3 is 2.72 bits per heavy atom. The highest BCUT2D eigenvalue weighted by Gasteiger charge is 2.35. The van der Waals surface area contributed by atoms with Crippen molar-refractivity contribution in [2.45, 2.75) is 39.2 Å². The van der Waals surface area contributed by atoms with Crippen molar-refractivity contribution < 1.29 is 18.4 Å².